The maximum Gasteiger partial charge on any atom is 0.257 e. The number of nitrogens with one attached hydrogen (secondary N) is 2. The summed E-state index contributed by atoms with van der Waals surface area (Å²) in [5.74, 6) is 0.491. The lowest BCUT2D eigenvalue weighted by molar-refractivity contribution is 0.0977. The Kier molecular flexibility index (Phi) is 5.49. The molecule has 2 N–H and O–H groups in total. The van der Waals surface area contributed by atoms with Crippen LogP contribution in [-0.2, 0) is 6.42 Å². The second-order valence-corrected chi connectivity index (χ2v) is 5.03. The quantitative estimate of drug-likeness (QED) is 0.850. The van der Waals surface area contributed by atoms with Gasteiger partial charge in [0.25, 0.3) is 5.91 Å². The van der Waals surface area contributed by atoms with Crippen LogP contribution in [0.5, 0.6) is 5.75 Å². The zero-order chi connectivity index (χ0) is 15.9. The first-order valence-corrected chi connectivity index (χ1v) is 7.39. The maximum absolute atomic E-state index is 12.1. The van der Waals surface area contributed by atoms with Gasteiger partial charge < -0.3 is 10.1 Å². The van der Waals surface area contributed by atoms with Gasteiger partial charge in [0.05, 0.1) is 12.8 Å². The predicted octanol–water partition coefficient (Wildman–Crippen LogP) is 3.38. The van der Waals surface area contributed by atoms with Gasteiger partial charge in [-0.15, -0.1) is 0 Å². The molecule has 0 aromatic heterocycles. The average Bonchev–Trinajstić information content (AvgIpc) is 2.55. The van der Waals surface area contributed by atoms with Crippen molar-refractivity contribution in [1.82, 2.24) is 5.32 Å². The van der Waals surface area contributed by atoms with E-state index >= 15 is 0 Å². The number of carbonyl (C=O) groups is 1. The molecular weight excluding hydrogens is 296 g/mol. The first-order valence-electron chi connectivity index (χ1n) is 6.99. The molecule has 2 aromatic carbocycles. The number of hydrogen-bond donors (Lipinski definition) is 2. The summed E-state index contributed by atoms with van der Waals surface area (Å²) in [6.07, 6.45) is 0.849. The predicted molar refractivity (Wildman–Crippen MR) is 92.5 cm³/mol. The molecule has 0 aliphatic carbocycles. The molecule has 0 aliphatic rings. The molecule has 0 aliphatic heterocycles. The van der Waals surface area contributed by atoms with Crippen LogP contribution in [0, 0.1) is 0 Å². The van der Waals surface area contributed by atoms with E-state index in [0.717, 1.165) is 23.4 Å². The van der Waals surface area contributed by atoms with Gasteiger partial charge in [-0.25, -0.2) is 0 Å². The fraction of sp³-hybridized carbons (Fsp3) is 0.176. The summed E-state index contributed by atoms with van der Waals surface area (Å²) in [6, 6.07) is 14.7. The molecule has 0 fully saturated rings. The first-order chi connectivity index (χ1) is 10.7. The molecular formula is C17H18N2O2S. The van der Waals surface area contributed by atoms with E-state index in [1.807, 2.05) is 24.3 Å². The molecule has 0 heterocycles. The van der Waals surface area contributed by atoms with Crippen LogP contribution in [0.2, 0.25) is 0 Å². The van der Waals surface area contributed by atoms with Gasteiger partial charge in [-0.3, -0.25) is 10.1 Å². The number of ether oxygens (including phenoxy) is 1. The highest BCUT2D eigenvalue weighted by molar-refractivity contribution is 7.80. The summed E-state index contributed by atoms with van der Waals surface area (Å²) in [5.41, 5.74) is 2.37. The second-order valence-electron chi connectivity index (χ2n) is 4.63. The lowest BCUT2D eigenvalue weighted by atomic mass is 10.1. The molecule has 0 atom stereocenters. The Morgan fingerprint density at radius 1 is 1.14 bits per heavy atom. The van der Waals surface area contributed by atoms with Crippen LogP contribution in [0.1, 0.15) is 22.8 Å². The summed E-state index contributed by atoms with van der Waals surface area (Å²) < 4.78 is 5.42. The number of benzene rings is 2. The van der Waals surface area contributed by atoms with Gasteiger partial charge in [-0.05, 0) is 42.4 Å². The number of carbonyl (C=O) groups excluding carboxylic acids is 1. The van der Waals surface area contributed by atoms with Crippen LogP contribution in [0.4, 0.5) is 5.69 Å². The standard InChI is InChI=1S/C17H18N2O2S/c1-3-12-10-7-11-14(15(12)21-2)18-17(22)19-16(20)13-8-5-4-6-9-13/h4-11H,3H2,1-2H3,(H2,18,19,20,22). The van der Waals surface area contributed by atoms with Gasteiger partial charge in [0.1, 0.15) is 5.75 Å². The minimum Gasteiger partial charge on any atom is -0.494 e. The van der Waals surface area contributed by atoms with Crippen molar-refractivity contribution in [3.8, 4) is 5.75 Å². The molecule has 4 nitrogen and oxygen atoms in total. The number of aryl methyl sites for hydroxylation is 1. The van der Waals surface area contributed by atoms with Crippen LogP contribution < -0.4 is 15.4 Å². The van der Waals surface area contributed by atoms with Gasteiger partial charge in [0.15, 0.2) is 5.11 Å². The zero-order valence-electron chi connectivity index (χ0n) is 12.6. The SMILES string of the molecule is CCc1cccc(NC(=S)NC(=O)c2ccccc2)c1OC. The molecule has 0 unspecified atom stereocenters. The van der Waals surface area contributed by atoms with Gasteiger partial charge in [0.2, 0.25) is 0 Å². The third-order valence-corrected chi connectivity index (χ3v) is 3.40. The third-order valence-electron chi connectivity index (χ3n) is 3.19. The molecule has 22 heavy (non-hydrogen) atoms. The van der Waals surface area contributed by atoms with Gasteiger partial charge in [-0.1, -0.05) is 37.3 Å². The zero-order valence-corrected chi connectivity index (χ0v) is 13.4. The van der Waals surface area contributed by atoms with Crippen molar-refractivity contribution in [2.75, 3.05) is 12.4 Å². The minimum absolute atomic E-state index is 0.236. The topological polar surface area (TPSA) is 50.4 Å². The van der Waals surface area contributed by atoms with E-state index in [0.29, 0.717) is 5.56 Å². The Morgan fingerprint density at radius 3 is 2.50 bits per heavy atom. The summed E-state index contributed by atoms with van der Waals surface area (Å²) in [4.78, 5) is 12.1. The Hall–Kier alpha value is -2.40. The average molecular weight is 314 g/mol. The lowest BCUT2D eigenvalue weighted by Gasteiger charge is -2.15. The fourth-order valence-electron chi connectivity index (χ4n) is 2.12. The van der Waals surface area contributed by atoms with E-state index in [4.69, 9.17) is 17.0 Å². The molecule has 0 saturated carbocycles. The minimum atomic E-state index is -0.247. The van der Waals surface area contributed by atoms with E-state index < -0.39 is 0 Å². The summed E-state index contributed by atoms with van der Waals surface area (Å²) >= 11 is 5.20. The molecule has 0 bridgehead atoms. The molecule has 0 radical (unpaired) electrons. The van der Waals surface area contributed by atoms with Crippen molar-refractivity contribution in [2.24, 2.45) is 0 Å². The summed E-state index contributed by atoms with van der Waals surface area (Å²) in [6.45, 7) is 2.05. The number of anilines is 1. The fourth-order valence-corrected chi connectivity index (χ4v) is 2.32. The number of methoxy groups -OCH3 is 1. The van der Waals surface area contributed by atoms with E-state index in [1.54, 1.807) is 31.4 Å². The molecule has 0 spiro atoms. The molecule has 5 heteroatoms. The van der Waals surface area contributed by atoms with Crippen LogP contribution >= 0.6 is 12.2 Å². The smallest absolute Gasteiger partial charge is 0.257 e. The Bertz CT molecular complexity index is 672. The highest BCUT2D eigenvalue weighted by Crippen LogP contribution is 2.28. The Morgan fingerprint density at radius 2 is 1.86 bits per heavy atom. The summed E-state index contributed by atoms with van der Waals surface area (Å²) in [7, 11) is 1.62. The largest absolute Gasteiger partial charge is 0.494 e. The molecule has 2 rings (SSSR count). The van der Waals surface area contributed by atoms with Crippen molar-refractivity contribution in [2.45, 2.75) is 13.3 Å². The van der Waals surface area contributed by atoms with Crippen molar-refractivity contribution in [1.29, 1.82) is 0 Å². The van der Waals surface area contributed by atoms with E-state index in [-0.39, 0.29) is 11.0 Å². The first kappa shape index (κ1) is 16.0. The summed E-state index contributed by atoms with van der Waals surface area (Å²) in [5, 5.41) is 5.91. The van der Waals surface area contributed by atoms with Crippen molar-refractivity contribution in [3.05, 3.63) is 59.7 Å². The number of hydrogen-bond acceptors (Lipinski definition) is 3. The van der Waals surface area contributed by atoms with Gasteiger partial charge >= 0.3 is 0 Å². The van der Waals surface area contributed by atoms with Gasteiger partial charge in [-0.2, -0.15) is 0 Å². The molecule has 2 aromatic rings. The number of para-hydroxylation sites is 1. The van der Waals surface area contributed by atoms with E-state index in [2.05, 4.69) is 17.6 Å². The van der Waals surface area contributed by atoms with Crippen LogP contribution in [0.3, 0.4) is 0 Å². The van der Waals surface area contributed by atoms with Crippen LogP contribution in [-0.4, -0.2) is 18.1 Å². The number of thiocarbonyl (C=S) groups is 1. The van der Waals surface area contributed by atoms with Crippen molar-refractivity contribution in [3.63, 3.8) is 0 Å². The lowest BCUT2D eigenvalue weighted by Crippen LogP contribution is -2.34. The van der Waals surface area contributed by atoms with E-state index in [1.165, 1.54) is 0 Å². The van der Waals surface area contributed by atoms with Crippen LogP contribution in [0.25, 0.3) is 0 Å². The number of rotatable bonds is 4. The Balaban J connectivity index is 2.08. The van der Waals surface area contributed by atoms with Crippen molar-refractivity contribution < 1.29 is 9.53 Å². The third kappa shape index (κ3) is 3.83. The highest BCUT2D eigenvalue weighted by atomic mass is 32.1. The van der Waals surface area contributed by atoms with Gasteiger partial charge in [0, 0.05) is 5.56 Å². The number of amides is 1. The Labute approximate surface area is 135 Å². The second kappa shape index (κ2) is 7.56. The molecule has 0 saturated heterocycles. The maximum atomic E-state index is 12.1. The molecule has 114 valence electrons. The van der Waals surface area contributed by atoms with Crippen LogP contribution in [0.15, 0.2) is 48.5 Å². The molecule has 1 amide bonds. The van der Waals surface area contributed by atoms with E-state index in [9.17, 15) is 4.79 Å². The van der Waals surface area contributed by atoms with Crippen molar-refractivity contribution >= 4 is 28.9 Å². The highest BCUT2D eigenvalue weighted by Gasteiger charge is 2.11. The monoisotopic (exact) mass is 314 g/mol. The normalized spacial score (nSPS) is 9.91.